The summed E-state index contributed by atoms with van der Waals surface area (Å²) < 4.78 is 0. The van der Waals surface area contributed by atoms with Crippen LogP contribution in [0.5, 0.6) is 0 Å². The SMILES string of the molecule is CC(C)=CCCC(C)NC[C@H](C)O. The van der Waals surface area contributed by atoms with Gasteiger partial charge in [0.05, 0.1) is 6.10 Å². The zero-order valence-electron chi connectivity index (χ0n) is 9.30. The van der Waals surface area contributed by atoms with E-state index in [1.165, 1.54) is 5.57 Å². The third-order valence-corrected chi connectivity index (χ3v) is 1.91. The van der Waals surface area contributed by atoms with Gasteiger partial charge in [0.2, 0.25) is 0 Å². The highest BCUT2D eigenvalue weighted by atomic mass is 16.3. The highest BCUT2D eigenvalue weighted by molar-refractivity contribution is 4.93. The van der Waals surface area contributed by atoms with Crippen molar-refractivity contribution >= 4 is 0 Å². The van der Waals surface area contributed by atoms with Crippen LogP contribution in [0.1, 0.15) is 40.5 Å². The molecule has 0 saturated heterocycles. The maximum absolute atomic E-state index is 9.04. The summed E-state index contributed by atoms with van der Waals surface area (Å²) in [4.78, 5) is 0. The molecule has 13 heavy (non-hydrogen) atoms. The van der Waals surface area contributed by atoms with E-state index >= 15 is 0 Å². The molecule has 0 saturated carbocycles. The van der Waals surface area contributed by atoms with Gasteiger partial charge in [-0.05, 0) is 40.5 Å². The highest BCUT2D eigenvalue weighted by Crippen LogP contribution is 2.00. The maximum Gasteiger partial charge on any atom is 0.0636 e. The van der Waals surface area contributed by atoms with Crippen LogP contribution in [0.15, 0.2) is 11.6 Å². The Balaban J connectivity index is 3.40. The van der Waals surface area contributed by atoms with Gasteiger partial charge in [0, 0.05) is 12.6 Å². The van der Waals surface area contributed by atoms with Gasteiger partial charge in [-0.15, -0.1) is 0 Å². The molecule has 2 heteroatoms. The van der Waals surface area contributed by atoms with Crippen LogP contribution >= 0.6 is 0 Å². The summed E-state index contributed by atoms with van der Waals surface area (Å²) in [6, 6.07) is 0.491. The van der Waals surface area contributed by atoms with Crippen molar-refractivity contribution < 1.29 is 5.11 Å². The first-order valence-electron chi connectivity index (χ1n) is 5.07. The standard InChI is InChI=1S/C11H23NO/c1-9(2)6-5-7-10(3)12-8-11(4)13/h6,10-13H,5,7-8H2,1-4H3/t10?,11-/m0/s1. The van der Waals surface area contributed by atoms with E-state index in [4.69, 9.17) is 5.11 Å². The van der Waals surface area contributed by atoms with Crippen LogP contribution in [-0.2, 0) is 0 Å². The minimum absolute atomic E-state index is 0.245. The molecule has 2 atom stereocenters. The Kier molecular flexibility index (Phi) is 6.92. The van der Waals surface area contributed by atoms with E-state index in [1.807, 2.05) is 0 Å². The van der Waals surface area contributed by atoms with Crippen molar-refractivity contribution in [3.05, 3.63) is 11.6 Å². The smallest absolute Gasteiger partial charge is 0.0636 e. The fourth-order valence-electron chi connectivity index (χ4n) is 1.10. The molecule has 0 aliphatic carbocycles. The molecule has 0 heterocycles. The van der Waals surface area contributed by atoms with Crippen LogP contribution in [0.2, 0.25) is 0 Å². The van der Waals surface area contributed by atoms with E-state index < -0.39 is 0 Å². The molecule has 0 amide bonds. The third-order valence-electron chi connectivity index (χ3n) is 1.91. The summed E-state index contributed by atoms with van der Waals surface area (Å²) >= 11 is 0. The minimum Gasteiger partial charge on any atom is -0.392 e. The van der Waals surface area contributed by atoms with E-state index in [0.717, 1.165) is 12.8 Å². The summed E-state index contributed by atoms with van der Waals surface area (Å²) in [7, 11) is 0. The lowest BCUT2D eigenvalue weighted by molar-refractivity contribution is 0.186. The Bertz CT molecular complexity index is 148. The van der Waals surface area contributed by atoms with Gasteiger partial charge < -0.3 is 10.4 Å². The van der Waals surface area contributed by atoms with Crippen molar-refractivity contribution in [3.63, 3.8) is 0 Å². The fraction of sp³-hybridized carbons (Fsp3) is 0.818. The topological polar surface area (TPSA) is 32.3 Å². The molecule has 2 nitrogen and oxygen atoms in total. The number of nitrogens with one attached hydrogen (secondary N) is 1. The number of aliphatic hydroxyl groups excluding tert-OH is 1. The van der Waals surface area contributed by atoms with Crippen molar-refractivity contribution in [1.29, 1.82) is 0 Å². The molecule has 0 aliphatic rings. The first kappa shape index (κ1) is 12.7. The Morgan fingerprint density at radius 2 is 2.00 bits per heavy atom. The third kappa shape index (κ3) is 9.57. The molecule has 0 bridgehead atoms. The van der Waals surface area contributed by atoms with Gasteiger partial charge in [-0.1, -0.05) is 11.6 Å². The predicted octanol–water partition coefficient (Wildman–Crippen LogP) is 2.09. The second-order valence-electron chi connectivity index (χ2n) is 4.02. The molecule has 0 spiro atoms. The number of allylic oxidation sites excluding steroid dienone is 2. The molecule has 0 radical (unpaired) electrons. The van der Waals surface area contributed by atoms with E-state index in [1.54, 1.807) is 6.92 Å². The first-order valence-corrected chi connectivity index (χ1v) is 5.07. The Morgan fingerprint density at radius 3 is 2.46 bits per heavy atom. The molecule has 0 aliphatic heterocycles. The highest BCUT2D eigenvalue weighted by Gasteiger charge is 2.01. The molecule has 1 unspecified atom stereocenters. The summed E-state index contributed by atoms with van der Waals surface area (Å²) in [6.07, 6.45) is 4.26. The van der Waals surface area contributed by atoms with Crippen LogP contribution in [-0.4, -0.2) is 23.8 Å². The zero-order chi connectivity index (χ0) is 10.3. The summed E-state index contributed by atoms with van der Waals surface area (Å²) in [5, 5.41) is 12.3. The van der Waals surface area contributed by atoms with Crippen LogP contribution in [0.4, 0.5) is 0 Å². The average Bonchev–Trinajstić information content (AvgIpc) is 2.00. The maximum atomic E-state index is 9.04. The quantitative estimate of drug-likeness (QED) is 0.621. The van der Waals surface area contributed by atoms with Gasteiger partial charge in [-0.25, -0.2) is 0 Å². The fourth-order valence-corrected chi connectivity index (χ4v) is 1.10. The van der Waals surface area contributed by atoms with E-state index in [-0.39, 0.29) is 6.10 Å². The van der Waals surface area contributed by atoms with Crippen molar-refractivity contribution in [3.8, 4) is 0 Å². The molecular weight excluding hydrogens is 162 g/mol. The largest absolute Gasteiger partial charge is 0.392 e. The second kappa shape index (κ2) is 7.10. The molecule has 0 rings (SSSR count). The second-order valence-corrected chi connectivity index (χ2v) is 4.02. The molecule has 0 aromatic carbocycles. The monoisotopic (exact) mass is 185 g/mol. The molecule has 78 valence electrons. The molecule has 0 fully saturated rings. The van der Waals surface area contributed by atoms with Gasteiger partial charge in [0.1, 0.15) is 0 Å². The molecule has 2 N–H and O–H groups in total. The molecule has 0 aromatic rings. The predicted molar refractivity (Wildman–Crippen MR) is 57.8 cm³/mol. The van der Waals surface area contributed by atoms with Crippen LogP contribution < -0.4 is 5.32 Å². The van der Waals surface area contributed by atoms with Crippen LogP contribution in [0.25, 0.3) is 0 Å². The first-order chi connectivity index (χ1) is 6.02. The Labute approximate surface area is 82.0 Å². The summed E-state index contributed by atoms with van der Waals surface area (Å²) in [5.41, 5.74) is 1.38. The van der Waals surface area contributed by atoms with Gasteiger partial charge in [0.25, 0.3) is 0 Å². The van der Waals surface area contributed by atoms with Gasteiger partial charge in [0.15, 0.2) is 0 Å². The van der Waals surface area contributed by atoms with Crippen LogP contribution in [0, 0.1) is 0 Å². The normalized spacial score (nSPS) is 15.2. The molecular formula is C11H23NO. The van der Waals surface area contributed by atoms with Crippen LogP contribution in [0.3, 0.4) is 0 Å². The van der Waals surface area contributed by atoms with Crippen molar-refractivity contribution in [1.82, 2.24) is 5.32 Å². The minimum atomic E-state index is -0.245. The van der Waals surface area contributed by atoms with Crippen molar-refractivity contribution in [2.75, 3.05) is 6.54 Å². The summed E-state index contributed by atoms with van der Waals surface area (Å²) in [6.45, 7) is 8.88. The van der Waals surface area contributed by atoms with E-state index in [9.17, 15) is 0 Å². The van der Waals surface area contributed by atoms with Gasteiger partial charge in [-0.2, -0.15) is 0 Å². The van der Waals surface area contributed by atoms with E-state index in [2.05, 4.69) is 32.2 Å². The summed E-state index contributed by atoms with van der Waals surface area (Å²) in [5.74, 6) is 0. The lowest BCUT2D eigenvalue weighted by Crippen LogP contribution is -2.32. The van der Waals surface area contributed by atoms with Gasteiger partial charge >= 0.3 is 0 Å². The van der Waals surface area contributed by atoms with Crippen molar-refractivity contribution in [2.24, 2.45) is 0 Å². The Hall–Kier alpha value is -0.340. The number of hydrogen-bond acceptors (Lipinski definition) is 2. The molecule has 0 aromatic heterocycles. The lowest BCUT2D eigenvalue weighted by Gasteiger charge is -2.13. The number of hydrogen-bond donors (Lipinski definition) is 2. The van der Waals surface area contributed by atoms with Crippen molar-refractivity contribution in [2.45, 2.75) is 52.7 Å². The number of aliphatic hydroxyl groups is 1. The lowest BCUT2D eigenvalue weighted by atomic mass is 10.1. The van der Waals surface area contributed by atoms with Gasteiger partial charge in [-0.3, -0.25) is 0 Å². The zero-order valence-corrected chi connectivity index (χ0v) is 9.30. The number of rotatable bonds is 6. The Morgan fingerprint density at radius 1 is 1.38 bits per heavy atom. The van der Waals surface area contributed by atoms with E-state index in [0.29, 0.717) is 12.6 Å². The average molecular weight is 185 g/mol.